The van der Waals surface area contributed by atoms with Crippen molar-refractivity contribution in [3.8, 4) is 22.8 Å². The average Bonchev–Trinajstić information content (AvgIpc) is 2.73. The van der Waals surface area contributed by atoms with Gasteiger partial charge in [-0.2, -0.15) is 0 Å². The van der Waals surface area contributed by atoms with Crippen LogP contribution in [0.15, 0.2) is 60.9 Å². The van der Waals surface area contributed by atoms with Gasteiger partial charge in [-0.15, -0.1) is 0 Å². The summed E-state index contributed by atoms with van der Waals surface area (Å²) < 4.78 is 0. The van der Waals surface area contributed by atoms with Gasteiger partial charge in [0, 0.05) is 23.1 Å². The first-order chi connectivity index (χ1) is 12.8. The second-order valence-corrected chi connectivity index (χ2v) is 6.85. The lowest BCUT2D eigenvalue weighted by atomic mass is 10.1. The zero-order valence-corrected chi connectivity index (χ0v) is 16.9. The van der Waals surface area contributed by atoms with Crippen LogP contribution in [0.2, 0.25) is 0 Å². The fraction of sp³-hybridized carbons (Fsp3) is 0.100. The molecule has 0 bridgehead atoms. The van der Waals surface area contributed by atoms with Gasteiger partial charge in [-0.05, 0) is 47.5 Å². The second kappa shape index (κ2) is 7.60. The summed E-state index contributed by atoms with van der Waals surface area (Å²) in [5.74, 6) is 0. The molecule has 4 rings (SSSR count). The number of alkyl halides is 2. The number of aromatic nitrogens is 4. The summed E-state index contributed by atoms with van der Waals surface area (Å²) in [6, 6.07) is 15.8. The lowest BCUT2D eigenvalue weighted by Crippen LogP contribution is -2.00. The largest absolute Gasteiger partial charge is 0.255 e. The fourth-order valence-corrected chi connectivity index (χ4v) is 3.84. The Morgan fingerprint density at radius 3 is 1.46 bits per heavy atom. The van der Waals surface area contributed by atoms with Crippen LogP contribution in [0.1, 0.15) is 11.1 Å². The second-order valence-electron chi connectivity index (χ2n) is 5.73. The number of halogens is 2. The van der Waals surface area contributed by atoms with Crippen molar-refractivity contribution in [2.45, 2.75) is 10.7 Å². The van der Waals surface area contributed by atoms with Crippen LogP contribution in [-0.4, -0.2) is 19.9 Å². The molecule has 1 aromatic carbocycles. The van der Waals surface area contributed by atoms with E-state index in [1.165, 1.54) is 11.1 Å². The topological polar surface area (TPSA) is 51.6 Å². The van der Waals surface area contributed by atoms with Crippen LogP contribution in [0, 0.1) is 0 Å². The Bertz CT molecular complexity index is 968. The fourth-order valence-electron chi connectivity index (χ4n) is 2.80. The summed E-state index contributed by atoms with van der Waals surface area (Å²) in [6.45, 7) is 0. The molecule has 3 aromatic heterocycles. The smallest absolute Gasteiger partial charge is 0.117 e. The summed E-state index contributed by atoms with van der Waals surface area (Å²) in [5, 5.41) is 1.54. The number of hydrogen-bond donors (Lipinski definition) is 0. The van der Waals surface area contributed by atoms with E-state index in [-0.39, 0.29) is 0 Å². The molecule has 0 aliphatic heterocycles. The first-order valence-electron chi connectivity index (χ1n) is 8.08. The Morgan fingerprint density at radius 2 is 1.12 bits per heavy atom. The van der Waals surface area contributed by atoms with E-state index in [1.54, 1.807) is 12.4 Å². The van der Waals surface area contributed by atoms with Gasteiger partial charge in [-0.25, -0.2) is 9.97 Å². The highest BCUT2D eigenvalue weighted by atomic mass is 79.9. The van der Waals surface area contributed by atoms with Crippen LogP contribution in [0.3, 0.4) is 0 Å². The lowest BCUT2D eigenvalue weighted by molar-refractivity contribution is 1.20. The minimum Gasteiger partial charge on any atom is -0.255 e. The van der Waals surface area contributed by atoms with Crippen molar-refractivity contribution in [2.75, 3.05) is 0 Å². The van der Waals surface area contributed by atoms with Crippen molar-refractivity contribution in [1.29, 1.82) is 0 Å². The van der Waals surface area contributed by atoms with Crippen molar-refractivity contribution >= 4 is 42.9 Å². The van der Waals surface area contributed by atoms with E-state index in [0.717, 1.165) is 44.5 Å². The highest BCUT2D eigenvalue weighted by Crippen LogP contribution is 2.30. The average molecular weight is 470 g/mol. The van der Waals surface area contributed by atoms with Crippen LogP contribution in [0.25, 0.3) is 33.8 Å². The van der Waals surface area contributed by atoms with Crippen LogP contribution in [0.4, 0.5) is 0 Å². The molecule has 0 aliphatic carbocycles. The van der Waals surface area contributed by atoms with E-state index in [2.05, 4.69) is 54.0 Å². The third-order valence-electron chi connectivity index (χ3n) is 4.09. The summed E-state index contributed by atoms with van der Waals surface area (Å²) in [5.41, 5.74) is 7.14. The molecule has 4 aromatic rings. The minimum absolute atomic E-state index is 0.740. The molecule has 0 unspecified atom stereocenters. The molecule has 6 heteroatoms. The maximum absolute atomic E-state index is 4.90. The monoisotopic (exact) mass is 468 g/mol. The van der Waals surface area contributed by atoms with Crippen LogP contribution in [-0.2, 0) is 10.7 Å². The van der Waals surface area contributed by atoms with Gasteiger partial charge in [0.05, 0.1) is 22.4 Å². The minimum atomic E-state index is 0.740. The molecule has 0 N–H and O–H groups in total. The highest BCUT2D eigenvalue weighted by molar-refractivity contribution is 9.09. The molecule has 128 valence electrons. The predicted octanol–water partition coefficient (Wildman–Crippen LogP) is 5.54. The summed E-state index contributed by atoms with van der Waals surface area (Å²) in [7, 11) is 0. The molecule has 0 amide bonds. The van der Waals surface area contributed by atoms with E-state index in [4.69, 9.17) is 9.97 Å². The third-order valence-corrected chi connectivity index (χ3v) is 5.30. The molecular formula is C20H14Br2N4. The predicted molar refractivity (Wildman–Crippen MR) is 111 cm³/mol. The van der Waals surface area contributed by atoms with Gasteiger partial charge in [0.1, 0.15) is 11.4 Å². The van der Waals surface area contributed by atoms with Gasteiger partial charge in [-0.3, -0.25) is 9.97 Å². The Kier molecular flexibility index (Phi) is 5.04. The first-order valence-corrected chi connectivity index (χ1v) is 10.3. The molecule has 0 saturated heterocycles. The SMILES string of the molecule is BrCc1cc2nc(-c3ccccn3)c(-c3ccccn3)nc2cc1CBr. The van der Waals surface area contributed by atoms with Gasteiger partial charge in [0.2, 0.25) is 0 Å². The van der Waals surface area contributed by atoms with Gasteiger partial charge in [0.15, 0.2) is 0 Å². The van der Waals surface area contributed by atoms with Crippen LogP contribution < -0.4 is 0 Å². The van der Waals surface area contributed by atoms with E-state index in [9.17, 15) is 0 Å². The Hall–Kier alpha value is -2.18. The summed E-state index contributed by atoms with van der Waals surface area (Å²) >= 11 is 7.12. The molecule has 0 spiro atoms. The van der Waals surface area contributed by atoms with Crippen molar-refractivity contribution in [2.24, 2.45) is 0 Å². The first kappa shape index (κ1) is 17.2. The highest BCUT2D eigenvalue weighted by Gasteiger charge is 2.16. The van der Waals surface area contributed by atoms with E-state index < -0.39 is 0 Å². The molecule has 0 atom stereocenters. The maximum atomic E-state index is 4.90. The molecule has 4 nitrogen and oxygen atoms in total. The van der Waals surface area contributed by atoms with Gasteiger partial charge < -0.3 is 0 Å². The lowest BCUT2D eigenvalue weighted by Gasteiger charge is -2.11. The van der Waals surface area contributed by atoms with E-state index in [1.807, 2.05) is 36.4 Å². The van der Waals surface area contributed by atoms with Gasteiger partial charge in [0.25, 0.3) is 0 Å². The number of benzene rings is 1. The molecule has 0 aliphatic rings. The molecule has 0 fully saturated rings. The van der Waals surface area contributed by atoms with Gasteiger partial charge in [-0.1, -0.05) is 44.0 Å². The normalized spacial score (nSPS) is 11.0. The van der Waals surface area contributed by atoms with Crippen LogP contribution >= 0.6 is 31.9 Å². The van der Waals surface area contributed by atoms with Gasteiger partial charge >= 0.3 is 0 Å². The number of pyridine rings is 2. The van der Waals surface area contributed by atoms with Crippen molar-refractivity contribution < 1.29 is 0 Å². The zero-order valence-electron chi connectivity index (χ0n) is 13.7. The molecular weight excluding hydrogens is 456 g/mol. The van der Waals surface area contributed by atoms with Crippen molar-refractivity contribution in [1.82, 2.24) is 19.9 Å². The number of hydrogen-bond acceptors (Lipinski definition) is 4. The van der Waals surface area contributed by atoms with E-state index >= 15 is 0 Å². The number of rotatable bonds is 4. The zero-order chi connectivity index (χ0) is 17.9. The Labute approximate surface area is 168 Å². The molecule has 0 saturated carbocycles. The molecule has 3 heterocycles. The maximum Gasteiger partial charge on any atom is 0.117 e. The summed E-state index contributed by atoms with van der Waals surface area (Å²) in [4.78, 5) is 18.8. The Balaban J connectivity index is 2.03. The quantitative estimate of drug-likeness (QED) is 0.368. The van der Waals surface area contributed by atoms with E-state index in [0.29, 0.717) is 0 Å². The van der Waals surface area contributed by atoms with Crippen molar-refractivity contribution in [3.63, 3.8) is 0 Å². The van der Waals surface area contributed by atoms with Crippen LogP contribution in [0.5, 0.6) is 0 Å². The molecule has 26 heavy (non-hydrogen) atoms. The summed E-state index contributed by atoms with van der Waals surface area (Å²) in [6.07, 6.45) is 3.53. The number of nitrogens with zero attached hydrogens (tertiary/aromatic N) is 4. The van der Waals surface area contributed by atoms with Crippen molar-refractivity contribution in [3.05, 3.63) is 72.1 Å². The standard InChI is InChI=1S/C20H14Br2N4/c21-11-13-9-17-18(10-14(13)12-22)26-20(16-6-2-4-8-24-16)19(25-17)15-5-1-3-7-23-15/h1-10H,11-12H2. The number of fused-ring (bicyclic) bond motifs is 1. The molecule has 0 radical (unpaired) electrons. The Morgan fingerprint density at radius 1 is 0.654 bits per heavy atom. The third kappa shape index (κ3) is 3.27.